The van der Waals surface area contributed by atoms with E-state index in [4.69, 9.17) is 9.47 Å². The molecule has 0 saturated carbocycles. The van der Waals surface area contributed by atoms with Gasteiger partial charge in [-0.15, -0.1) is 0 Å². The molecule has 2 amide bonds. The summed E-state index contributed by atoms with van der Waals surface area (Å²) < 4.78 is 10.6. The lowest BCUT2D eigenvalue weighted by Gasteiger charge is -2.11. The van der Waals surface area contributed by atoms with Crippen molar-refractivity contribution in [2.75, 3.05) is 13.7 Å². The molecule has 6 heteroatoms. The summed E-state index contributed by atoms with van der Waals surface area (Å²) in [7, 11) is 1.59. The minimum atomic E-state index is -0.443. The lowest BCUT2D eigenvalue weighted by Crippen LogP contribution is -2.40. The molecule has 0 heterocycles. The SMILES string of the molecule is CCCOc1ccccc1C(=O)NNC(=O)/C=C/c1ccc(OC)cc1. The van der Waals surface area contributed by atoms with E-state index in [0.717, 1.165) is 17.7 Å². The maximum Gasteiger partial charge on any atom is 0.273 e. The van der Waals surface area contributed by atoms with E-state index in [2.05, 4.69) is 10.9 Å². The van der Waals surface area contributed by atoms with Gasteiger partial charge in [0.15, 0.2) is 0 Å². The van der Waals surface area contributed by atoms with Gasteiger partial charge in [0.1, 0.15) is 11.5 Å². The zero-order valence-electron chi connectivity index (χ0n) is 14.8. The third kappa shape index (κ3) is 5.66. The number of nitrogens with one attached hydrogen (secondary N) is 2. The third-order valence-electron chi connectivity index (χ3n) is 3.44. The number of rotatable bonds is 7. The average molecular weight is 354 g/mol. The number of benzene rings is 2. The molecular weight excluding hydrogens is 332 g/mol. The maximum absolute atomic E-state index is 12.2. The molecule has 2 aromatic carbocycles. The smallest absolute Gasteiger partial charge is 0.273 e. The average Bonchev–Trinajstić information content (AvgIpc) is 2.69. The predicted molar refractivity (Wildman–Crippen MR) is 99.9 cm³/mol. The summed E-state index contributed by atoms with van der Waals surface area (Å²) in [5, 5.41) is 0. The first-order chi connectivity index (χ1) is 12.6. The van der Waals surface area contributed by atoms with Gasteiger partial charge in [-0.25, -0.2) is 0 Å². The number of carbonyl (C=O) groups excluding carboxylic acids is 2. The van der Waals surface area contributed by atoms with Gasteiger partial charge in [0.2, 0.25) is 0 Å². The monoisotopic (exact) mass is 354 g/mol. The Morgan fingerprint density at radius 1 is 1.04 bits per heavy atom. The molecule has 0 aliphatic carbocycles. The Kier molecular flexibility index (Phi) is 7.24. The van der Waals surface area contributed by atoms with Gasteiger partial charge in [-0.05, 0) is 42.3 Å². The summed E-state index contributed by atoms with van der Waals surface area (Å²) in [6.07, 6.45) is 3.81. The number of hydrogen-bond acceptors (Lipinski definition) is 4. The van der Waals surface area contributed by atoms with Gasteiger partial charge in [-0.1, -0.05) is 31.2 Å². The Morgan fingerprint density at radius 3 is 2.46 bits per heavy atom. The second kappa shape index (κ2) is 9.88. The van der Waals surface area contributed by atoms with Crippen molar-refractivity contribution in [2.45, 2.75) is 13.3 Å². The lowest BCUT2D eigenvalue weighted by atomic mass is 10.2. The molecule has 0 fully saturated rings. The van der Waals surface area contributed by atoms with Crippen LogP contribution in [0.2, 0.25) is 0 Å². The Hall–Kier alpha value is -3.28. The number of hydrogen-bond donors (Lipinski definition) is 2. The van der Waals surface area contributed by atoms with E-state index in [1.54, 1.807) is 49.6 Å². The Labute approximate surface area is 152 Å². The van der Waals surface area contributed by atoms with E-state index < -0.39 is 11.8 Å². The van der Waals surface area contributed by atoms with Gasteiger partial charge < -0.3 is 9.47 Å². The van der Waals surface area contributed by atoms with Crippen LogP contribution in [0.15, 0.2) is 54.6 Å². The highest BCUT2D eigenvalue weighted by atomic mass is 16.5. The molecule has 0 radical (unpaired) electrons. The van der Waals surface area contributed by atoms with Crippen molar-refractivity contribution in [1.29, 1.82) is 0 Å². The second-order valence-corrected chi connectivity index (χ2v) is 5.39. The van der Waals surface area contributed by atoms with Crippen LogP contribution in [0.3, 0.4) is 0 Å². The van der Waals surface area contributed by atoms with Crippen molar-refractivity contribution < 1.29 is 19.1 Å². The van der Waals surface area contributed by atoms with Gasteiger partial charge in [-0.3, -0.25) is 20.4 Å². The molecule has 6 nitrogen and oxygen atoms in total. The standard InChI is InChI=1S/C20H22N2O4/c1-3-14-26-18-7-5-4-6-17(18)20(24)22-21-19(23)13-10-15-8-11-16(25-2)12-9-15/h4-13H,3,14H2,1-2H3,(H,21,23)(H,22,24)/b13-10+. The predicted octanol–water partition coefficient (Wildman–Crippen LogP) is 2.96. The molecular formula is C20H22N2O4. The number of ether oxygens (including phenoxy) is 2. The van der Waals surface area contributed by atoms with Crippen LogP contribution < -0.4 is 20.3 Å². The van der Waals surface area contributed by atoms with Crippen LogP contribution in [0, 0.1) is 0 Å². The molecule has 2 rings (SSSR count). The van der Waals surface area contributed by atoms with Crippen molar-refractivity contribution in [1.82, 2.24) is 10.9 Å². The third-order valence-corrected chi connectivity index (χ3v) is 3.44. The Bertz CT molecular complexity index is 770. The summed E-state index contributed by atoms with van der Waals surface area (Å²) in [6, 6.07) is 14.1. The van der Waals surface area contributed by atoms with Crippen LogP contribution >= 0.6 is 0 Å². The van der Waals surface area contributed by atoms with E-state index >= 15 is 0 Å². The summed E-state index contributed by atoms with van der Waals surface area (Å²) in [5.74, 6) is 0.335. The zero-order valence-corrected chi connectivity index (χ0v) is 14.8. The maximum atomic E-state index is 12.2. The van der Waals surface area contributed by atoms with E-state index in [1.165, 1.54) is 6.08 Å². The van der Waals surface area contributed by atoms with E-state index in [1.807, 2.05) is 19.1 Å². The highest BCUT2D eigenvalue weighted by Gasteiger charge is 2.12. The van der Waals surface area contributed by atoms with Gasteiger partial charge in [0.05, 0.1) is 19.3 Å². The highest BCUT2D eigenvalue weighted by Crippen LogP contribution is 2.17. The van der Waals surface area contributed by atoms with Gasteiger partial charge >= 0.3 is 0 Å². The summed E-state index contributed by atoms with van der Waals surface area (Å²) in [6.45, 7) is 2.50. The minimum Gasteiger partial charge on any atom is -0.497 e. The first-order valence-electron chi connectivity index (χ1n) is 8.28. The summed E-state index contributed by atoms with van der Waals surface area (Å²) in [5.41, 5.74) is 5.93. The lowest BCUT2D eigenvalue weighted by molar-refractivity contribution is -0.117. The molecule has 2 aromatic rings. The molecule has 0 aromatic heterocycles. The van der Waals surface area contributed by atoms with Crippen molar-refractivity contribution >= 4 is 17.9 Å². The second-order valence-electron chi connectivity index (χ2n) is 5.39. The molecule has 0 bridgehead atoms. The summed E-state index contributed by atoms with van der Waals surface area (Å²) in [4.78, 5) is 24.1. The number of hydrazine groups is 1. The van der Waals surface area contributed by atoms with Crippen LogP contribution in [-0.2, 0) is 4.79 Å². The first kappa shape index (κ1) is 19.1. The topological polar surface area (TPSA) is 76.7 Å². The quantitative estimate of drug-likeness (QED) is 0.592. The summed E-state index contributed by atoms with van der Waals surface area (Å²) >= 11 is 0. The van der Waals surface area contributed by atoms with Crippen LogP contribution in [0.25, 0.3) is 6.08 Å². The van der Waals surface area contributed by atoms with E-state index in [0.29, 0.717) is 17.9 Å². The number of amides is 2. The molecule has 0 unspecified atom stereocenters. The van der Waals surface area contributed by atoms with Crippen molar-refractivity contribution in [3.63, 3.8) is 0 Å². The van der Waals surface area contributed by atoms with Gasteiger partial charge in [-0.2, -0.15) is 0 Å². The number of methoxy groups -OCH3 is 1. The first-order valence-corrected chi connectivity index (χ1v) is 8.28. The highest BCUT2D eigenvalue weighted by molar-refractivity contribution is 5.99. The van der Waals surface area contributed by atoms with E-state index in [9.17, 15) is 9.59 Å². The number of para-hydroxylation sites is 1. The van der Waals surface area contributed by atoms with E-state index in [-0.39, 0.29) is 0 Å². The molecule has 26 heavy (non-hydrogen) atoms. The minimum absolute atomic E-state index is 0.361. The molecule has 0 aliphatic rings. The van der Waals surface area contributed by atoms with Crippen LogP contribution in [-0.4, -0.2) is 25.5 Å². The number of carbonyl (C=O) groups is 2. The molecule has 0 aliphatic heterocycles. The van der Waals surface area contributed by atoms with Crippen molar-refractivity contribution in [3.05, 3.63) is 65.7 Å². The van der Waals surface area contributed by atoms with Crippen LogP contribution in [0.4, 0.5) is 0 Å². The van der Waals surface area contributed by atoms with Crippen LogP contribution in [0.5, 0.6) is 11.5 Å². The molecule has 0 spiro atoms. The fourth-order valence-corrected chi connectivity index (χ4v) is 2.11. The van der Waals surface area contributed by atoms with Crippen LogP contribution in [0.1, 0.15) is 29.3 Å². The Balaban J connectivity index is 1.90. The normalized spacial score (nSPS) is 10.4. The fourth-order valence-electron chi connectivity index (χ4n) is 2.11. The zero-order chi connectivity index (χ0) is 18.8. The Morgan fingerprint density at radius 2 is 1.77 bits per heavy atom. The molecule has 136 valence electrons. The largest absolute Gasteiger partial charge is 0.497 e. The molecule has 2 N–H and O–H groups in total. The fraction of sp³-hybridized carbons (Fsp3) is 0.200. The van der Waals surface area contributed by atoms with Crippen molar-refractivity contribution in [2.24, 2.45) is 0 Å². The van der Waals surface area contributed by atoms with Gasteiger partial charge in [0, 0.05) is 6.08 Å². The van der Waals surface area contributed by atoms with Gasteiger partial charge in [0.25, 0.3) is 11.8 Å². The molecule has 0 saturated heterocycles. The van der Waals surface area contributed by atoms with Crippen molar-refractivity contribution in [3.8, 4) is 11.5 Å². The molecule has 0 atom stereocenters.